The number of alkyl carbamates (subject to hydrolysis) is 1. The zero-order chi connectivity index (χ0) is 22.5. The van der Waals surface area contributed by atoms with Crippen LogP contribution < -0.4 is 10.1 Å². The summed E-state index contributed by atoms with van der Waals surface area (Å²) in [5.41, 5.74) is 3.37. The van der Waals surface area contributed by atoms with Crippen molar-refractivity contribution in [2.24, 2.45) is 0 Å². The molecule has 162 valence electrons. The topological polar surface area (TPSA) is 73.9 Å². The summed E-state index contributed by atoms with van der Waals surface area (Å²) in [4.78, 5) is 24.1. The van der Waals surface area contributed by atoms with Crippen molar-refractivity contribution < 1.29 is 23.8 Å². The number of carbonyl (C=O) groups excluding carboxylic acids is 2. The summed E-state index contributed by atoms with van der Waals surface area (Å²) in [5.74, 6) is 0.311. The molecule has 1 N–H and O–H groups in total. The van der Waals surface area contributed by atoms with E-state index in [9.17, 15) is 9.59 Å². The van der Waals surface area contributed by atoms with E-state index >= 15 is 0 Å². The molecule has 0 saturated heterocycles. The minimum atomic E-state index is -0.574. The summed E-state index contributed by atoms with van der Waals surface area (Å²) in [6.07, 6.45) is -0.506. The van der Waals surface area contributed by atoms with E-state index in [2.05, 4.69) is 5.32 Å². The largest absolute Gasteiger partial charge is 0.491 e. The van der Waals surface area contributed by atoms with Gasteiger partial charge >= 0.3 is 12.1 Å². The first kappa shape index (κ1) is 23.3. The third kappa shape index (κ3) is 6.51. The summed E-state index contributed by atoms with van der Waals surface area (Å²) in [5, 5.41) is 2.78. The van der Waals surface area contributed by atoms with Crippen molar-refractivity contribution in [1.29, 1.82) is 0 Å². The molecule has 2 aromatic carbocycles. The summed E-state index contributed by atoms with van der Waals surface area (Å²) in [6, 6.07) is 11.4. The fourth-order valence-corrected chi connectivity index (χ4v) is 2.88. The molecule has 2 rings (SSSR count). The Morgan fingerprint density at radius 2 is 1.67 bits per heavy atom. The molecule has 1 amide bonds. The van der Waals surface area contributed by atoms with Gasteiger partial charge in [0.25, 0.3) is 0 Å². The molecule has 0 aromatic heterocycles. The first-order valence-electron chi connectivity index (χ1n) is 9.96. The number of methoxy groups -OCH3 is 1. The summed E-state index contributed by atoms with van der Waals surface area (Å²) in [7, 11) is 1.37. The molecule has 0 bridgehead atoms. The number of hydrogen-bond donors (Lipinski definition) is 1. The molecule has 0 atom stereocenters. The van der Waals surface area contributed by atoms with Gasteiger partial charge in [-0.25, -0.2) is 9.59 Å². The van der Waals surface area contributed by atoms with Crippen molar-refractivity contribution in [1.82, 2.24) is 5.32 Å². The van der Waals surface area contributed by atoms with E-state index in [1.807, 2.05) is 77.9 Å². The highest BCUT2D eigenvalue weighted by Gasteiger charge is 2.17. The molecule has 0 fully saturated rings. The van der Waals surface area contributed by atoms with E-state index in [0.29, 0.717) is 11.3 Å². The Hall–Kier alpha value is -3.02. The average Bonchev–Trinajstić information content (AvgIpc) is 2.65. The highest BCUT2D eigenvalue weighted by atomic mass is 16.6. The van der Waals surface area contributed by atoms with Gasteiger partial charge in [-0.3, -0.25) is 0 Å². The van der Waals surface area contributed by atoms with Gasteiger partial charge in [0.1, 0.15) is 11.4 Å². The smallest absolute Gasteiger partial charge is 0.407 e. The van der Waals surface area contributed by atoms with E-state index in [4.69, 9.17) is 14.2 Å². The molecule has 2 aromatic rings. The van der Waals surface area contributed by atoms with E-state index in [1.165, 1.54) is 7.11 Å². The Morgan fingerprint density at radius 1 is 1.03 bits per heavy atom. The Kier molecular flexibility index (Phi) is 7.48. The molecule has 0 aliphatic rings. The van der Waals surface area contributed by atoms with Crippen molar-refractivity contribution in [2.75, 3.05) is 7.11 Å². The summed E-state index contributed by atoms with van der Waals surface area (Å²) in [6.45, 7) is 11.5. The number of hydrogen-bond acceptors (Lipinski definition) is 5. The van der Waals surface area contributed by atoms with Gasteiger partial charge in [0.15, 0.2) is 0 Å². The number of aryl methyl sites for hydroxylation is 1. The predicted molar refractivity (Wildman–Crippen MR) is 117 cm³/mol. The van der Waals surface area contributed by atoms with Crippen LogP contribution in [0.15, 0.2) is 36.4 Å². The number of benzene rings is 2. The first-order chi connectivity index (χ1) is 14.0. The fourth-order valence-electron chi connectivity index (χ4n) is 2.88. The Balaban J connectivity index is 2.36. The molecule has 6 heteroatoms. The molecule has 0 saturated carbocycles. The maximum absolute atomic E-state index is 12.1. The molecule has 30 heavy (non-hydrogen) atoms. The molecule has 0 heterocycles. The van der Waals surface area contributed by atoms with Gasteiger partial charge in [-0.1, -0.05) is 18.2 Å². The number of rotatable bonds is 6. The summed E-state index contributed by atoms with van der Waals surface area (Å²) < 4.78 is 16.1. The van der Waals surface area contributed by atoms with Crippen molar-refractivity contribution in [3.8, 4) is 16.9 Å². The van der Waals surface area contributed by atoms with E-state index < -0.39 is 11.7 Å². The lowest BCUT2D eigenvalue weighted by molar-refractivity contribution is 0.0522. The fraction of sp³-hybridized carbons (Fsp3) is 0.417. The van der Waals surface area contributed by atoms with Crippen LogP contribution >= 0.6 is 0 Å². The maximum atomic E-state index is 12.1. The van der Waals surface area contributed by atoms with E-state index in [1.54, 1.807) is 0 Å². The Bertz CT molecular complexity index is 912. The summed E-state index contributed by atoms with van der Waals surface area (Å²) >= 11 is 0. The number of nitrogens with one attached hydrogen (secondary N) is 1. The van der Waals surface area contributed by atoms with Crippen molar-refractivity contribution >= 4 is 12.1 Å². The van der Waals surface area contributed by atoms with Crippen LogP contribution in [0.1, 0.15) is 56.1 Å². The Labute approximate surface area is 178 Å². The zero-order valence-electron chi connectivity index (χ0n) is 18.8. The minimum Gasteiger partial charge on any atom is -0.491 e. The first-order valence-corrected chi connectivity index (χ1v) is 9.96. The van der Waals surface area contributed by atoms with Gasteiger partial charge in [0, 0.05) is 12.1 Å². The maximum Gasteiger partial charge on any atom is 0.407 e. The van der Waals surface area contributed by atoms with Crippen LogP contribution in [0.4, 0.5) is 4.79 Å². The van der Waals surface area contributed by atoms with Crippen LogP contribution in [0.25, 0.3) is 11.1 Å². The molecule has 0 unspecified atom stereocenters. The van der Waals surface area contributed by atoms with Crippen LogP contribution in [0.2, 0.25) is 0 Å². The number of esters is 1. The van der Waals surface area contributed by atoms with Crippen LogP contribution in [0, 0.1) is 6.92 Å². The SMILES string of the molecule is COC(=O)c1cc(-c2ccc(OC(C)C)c(CNC(=O)OC(C)(C)C)c2)ccc1C. The lowest BCUT2D eigenvalue weighted by Crippen LogP contribution is -2.32. The van der Waals surface area contributed by atoms with E-state index in [0.717, 1.165) is 22.3 Å². The van der Waals surface area contributed by atoms with Crippen LogP contribution in [0.5, 0.6) is 5.75 Å². The van der Waals surface area contributed by atoms with Crippen LogP contribution in [-0.2, 0) is 16.0 Å². The lowest BCUT2D eigenvalue weighted by Gasteiger charge is -2.20. The highest BCUT2D eigenvalue weighted by Crippen LogP contribution is 2.29. The van der Waals surface area contributed by atoms with Gasteiger partial charge in [-0.2, -0.15) is 0 Å². The molecule has 6 nitrogen and oxygen atoms in total. The second-order valence-electron chi connectivity index (χ2n) is 8.37. The molecule has 0 aliphatic heterocycles. The quantitative estimate of drug-likeness (QED) is 0.654. The Morgan fingerprint density at radius 3 is 2.27 bits per heavy atom. The number of carbonyl (C=O) groups is 2. The van der Waals surface area contributed by atoms with Gasteiger partial charge in [0.2, 0.25) is 0 Å². The van der Waals surface area contributed by atoms with Gasteiger partial charge in [-0.15, -0.1) is 0 Å². The van der Waals surface area contributed by atoms with Gasteiger partial charge < -0.3 is 19.5 Å². The van der Waals surface area contributed by atoms with Crippen LogP contribution in [-0.4, -0.2) is 30.9 Å². The standard InChI is InChI=1S/C24H31NO5/c1-15(2)29-21-11-10-17(12-19(21)14-25-23(27)30-24(4,5)6)18-9-8-16(3)20(13-18)22(26)28-7/h8-13,15H,14H2,1-7H3,(H,25,27). The molecule has 0 spiro atoms. The number of ether oxygens (including phenoxy) is 3. The molecule has 0 aliphatic carbocycles. The van der Waals surface area contributed by atoms with Crippen molar-refractivity contribution in [3.05, 3.63) is 53.1 Å². The lowest BCUT2D eigenvalue weighted by atomic mass is 9.98. The third-order valence-corrected chi connectivity index (χ3v) is 4.22. The molecular weight excluding hydrogens is 382 g/mol. The normalized spacial score (nSPS) is 11.2. The molecular formula is C24H31NO5. The highest BCUT2D eigenvalue weighted by molar-refractivity contribution is 5.92. The predicted octanol–water partition coefficient (Wildman–Crippen LogP) is 5.26. The average molecular weight is 414 g/mol. The van der Waals surface area contributed by atoms with E-state index in [-0.39, 0.29) is 18.6 Å². The second kappa shape index (κ2) is 9.65. The van der Waals surface area contributed by atoms with Crippen molar-refractivity contribution in [2.45, 2.75) is 59.8 Å². The third-order valence-electron chi connectivity index (χ3n) is 4.22. The second-order valence-corrected chi connectivity index (χ2v) is 8.37. The zero-order valence-corrected chi connectivity index (χ0v) is 18.8. The minimum absolute atomic E-state index is 0.0126. The van der Waals surface area contributed by atoms with Gasteiger partial charge in [0.05, 0.1) is 18.8 Å². The monoisotopic (exact) mass is 413 g/mol. The molecule has 0 radical (unpaired) electrons. The number of amides is 1. The van der Waals surface area contributed by atoms with Gasteiger partial charge in [-0.05, 0) is 76.4 Å². The van der Waals surface area contributed by atoms with Crippen molar-refractivity contribution in [3.63, 3.8) is 0 Å². The van der Waals surface area contributed by atoms with Crippen LogP contribution in [0.3, 0.4) is 0 Å².